The van der Waals surface area contributed by atoms with Crippen molar-refractivity contribution in [1.82, 2.24) is 20.9 Å². The Hall–Kier alpha value is -2.74. The van der Waals surface area contributed by atoms with Gasteiger partial charge < -0.3 is 37.5 Å². The van der Waals surface area contributed by atoms with Gasteiger partial charge in [0.2, 0.25) is 17.7 Å². The number of aliphatic carboxylic acids is 1. The lowest BCUT2D eigenvalue weighted by Crippen LogP contribution is -2.58. The molecule has 9 N–H and O–H groups in total. The number of carboxylic acids is 1. The van der Waals surface area contributed by atoms with E-state index in [-0.39, 0.29) is 24.3 Å². The Bertz CT molecular complexity index is 1050. The summed E-state index contributed by atoms with van der Waals surface area (Å²) in [5.41, 5.74) is 13.5. The molecule has 1 aromatic heterocycles. The fourth-order valence-corrected chi connectivity index (χ4v) is 4.10. The highest BCUT2D eigenvalue weighted by molar-refractivity contribution is 7.80. The standard InChI is InChI=1S/C23H34N6O5S2/c24-8-4-3-7-17(21(31)28-18(11-35)22(32)29-19(12-36)23(33)34)27-20(30)15(25)9-13-10-26-16-6-2-1-5-14(13)16/h1-2,5-6,10,15,17-19,26,35-36H,3-4,7-9,11-12,24-25H2,(H,27,30)(H,28,31)(H,29,32)(H,33,34). The number of rotatable bonds is 15. The number of benzene rings is 1. The second kappa shape index (κ2) is 14.7. The van der Waals surface area contributed by atoms with Crippen LogP contribution in [-0.2, 0) is 25.6 Å². The van der Waals surface area contributed by atoms with Crippen molar-refractivity contribution in [3.8, 4) is 0 Å². The monoisotopic (exact) mass is 538 g/mol. The Morgan fingerprint density at radius 3 is 2.17 bits per heavy atom. The molecule has 1 heterocycles. The molecule has 0 saturated carbocycles. The second-order valence-corrected chi connectivity index (χ2v) is 9.07. The van der Waals surface area contributed by atoms with Gasteiger partial charge in [-0.2, -0.15) is 25.3 Å². The van der Waals surface area contributed by atoms with Crippen LogP contribution in [0.4, 0.5) is 0 Å². The van der Waals surface area contributed by atoms with Crippen molar-refractivity contribution >= 4 is 59.9 Å². The number of amides is 3. The molecule has 0 radical (unpaired) electrons. The van der Waals surface area contributed by atoms with Crippen LogP contribution in [0, 0.1) is 0 Å². The van der Waals surface area contributed by atoms with Gasteiger partial charge in [0.25, 0.3) is 0 Å². The fourth-order valence-electron chi connectivity index (χ4n) is 3.59. The van der Waals surface area contributed by atoms with Crippen molar-refractivity contribution in [2.24, 2.45) is 11.5 Å². The quantitative estimate of drug-likeness (QED) is 0.108. The maximum atomic E-state index is 13.0. The Kier molecular flexibility index (Phi) is 12.1. The molecule has 0 aliphatic heterocycles. The average molecular weight is 539 g/mol. The van der Waals surface area contributed by atoms with E-state index >= 15 is 0 Å². The van der Waals surface area contributed by atoms with Gasteiger partial charge in [0.1, 0.15) is 18.1 Å². The number of H-pyrrole nitrogens is 1. The summed E-state index contributed by atoms with van der Waals surface area (Å²) < 4.78 is 0. The lowest BCUT2D eigenvalue weighted by molar-refractivity contribution is -0.141. The third kappa shape index (κ3) is 8.43. The highest BCUT2D eigenvalue weighted by Gasteiger charge is 2.29. The van der Waals surface area contributed by atoms with E-state index in [1.54, 1.807) is 6.20 Å². The minimum atomic E-state index is -1.25. The predicted molar refractivity (Wildman–Crippen MR) is 144 cm³/mol. The molecule has 36 heavy (non-hydrogen) atoms. The van der Waals surface area contributed by atoms with E-state index in [2.05, 4.69) is 46.2 Å². The third-order valence-corrected chi connectivity index (χ3v) is 6.37. The number of carbonyl (C=O) groups excluding carboxylic acids is 3. The summed E-state index contributed by atoms with van der Waals surface area (Å²) in [5.74, 6) is -3.30. The number of unbranched alkanes of at least 4 members (excludes halogenated alkanes) is 1. The summed E-state index contributed by atoms with van der Waals surface area (Å²) in [6, 6.07) is 3.44. The molecule has 3 amide bonds. The number of hydrogen-bond acceptors (Lipinski definition) is 8. The number of aromatic nitrogens is 1. The molecule has 4 atom stereocenters. The number of fused-ring (bicyclic) bond motifs is 1. The van der Waals surface area contributed by atoms with Gasteiger partial charge in [-0.05, 0) is 43.9 Å². The van der Waals surface area contributed by atoms with E-state index < -0.39 is 47.9 Å². The number of thiol groups is 2. The first kappa shape index (κ1) is 29.5. The smallest absolute Gasteiger partial charge is 0.327 e. The lowest BCUT2D eigenvalue weighted by Gasteiger charge is -2.24. The largest absolute Gasteiger partial charge is 0.480 e. The molecular weight excluding hydrogens is 504 g/mol. The van der Waals surface area contributed by atoms with E-state index in [9.17, 15) is 19.2 Å². The normalized spacial score (nSPS) is 14.4. The molecule has 0 saturated heterocycles. The third-order valence-electron chi connectivity index (χ3n) is 5.64. The van der Waals surface area contributed by atoms with Crippen LogP contribution in [-0.4, -0.2) is 76.0 Å². The first-order chi connectivity index (χ1) is 17.2. The topological polar surface area (TPSA) is 192 Å². The number of hydrogen-bond donors (Lipinski definition) is 9. The molecule has 13 heteroatoms. The van der Waals surface area contributed by atoms with Crippen LogP contribution in [0.2, 0.25) is 0 Å². The van der Waals surface area contributed by atoms with Crippen molar-refractivity contribution in [3.05, 3.63) is 36.0 Å². The van der Waals surface area contributed by atoms with Gasteiger partial charge in [-0.1, -0.05) is 18.2 Å². The number of carboxylic acid groups (broad SMARTS) is 1. The van der Waals surface area contributed by atoms with Crippen molar-refractivity contribution in [2.75, 3.05) is 18.1 Å². The zero-order valence-corrected chi connectivity index (χ0v) is 21.6. The molecule has 0 aliphatic rings. The van der Waals surface area contributed by atoms with Gasteiger partial charge in [-0.3, -0.25) is 14.4 Å². The summed E-state index contributed by atoms with van der Waals surface area (Å²) >= 11 is 8.01. The van der Waals surface area contributed by atoms with E-state index in [1.807, 2.05) is 24.3 Å². The Morgan fingerprint density at radius 1 is 0.917 bits per heavy atom. The molecule has 2 aromatic rings. The highest BCUT2D eigenvalue weighted by Crippen LogP contribution is 2.18. The summed E-state index contributed by atoms with van der Waals surface area (Å²) in [6.45, 7) is 0.421. The van der Waals surface area contributed by atoms with Gasteiger partial charge in [-0.25, -0.2) is 4.79 Å². The Labute approximate surface area is 220 Å². The van der Waals surface area contributed by atoms with Crippen molar-refractivity contribution in [1.29, 1.82) is 0 Å². The number of carbonyl (C=O) groups is 4. The summed E-state index contributed by atoms with van der Waals surface area (Å²) in [7, 11) is 0. The fraction of sp³-hybridized carbons (Fsp3) is 0.478. The Balaban J connectivity index is 2.06. The highest BCUT2D eigenvalue weighted by atomic mass is 32.1. The molecule has 0 aliphatic carbocycles. The summed E-state index contributed by atoms with van der Waals surface area (Å²) in [6.07, 6.45) is 3.54. The average Bonchev–Trinajstić information content (AvgIpc) is 3.27. The van der Waals surface area contributed by atoms with Gasteiger partial charge in [0, 0.05) is 28.6 Å². The van der Waals surface area contributed by atoms with E-state index in [0.29, 0.717) is 19.4 Å². The van der Waals surface area contributed by atoms with Crippen molar-refractivity contribution in [3.63, 3.8) is 0 Å². The van der Waals surface area contributed by atoms with Crippen molar-refractivity contribution in [2.45, 2.75) is 49.9 Å². The maximum Gasteiger partial charge on any atom is 0.327 e. The molecule has 0 spiro atoms. The Morgan fingerprint density at radius 2 is 1.53 bits per heavy atom. The molecule has 0 bridgehead atoms. The zero-order chi connectivity index (χ0) is 26.7. The van der Waals surface area contributed by atoms with Gasteiger partial charge in [0.15, 0.2) is 0 Å². The lowest BCUT2D eigenvalue weighted by atomic mass is 10.0. The minimum Gasteiger partial charge on any atom is -0.480 e. The first-order valence-corrected chi connectivity index (χ1v) is 12.8. The van der Waals surface area contributed by atoms with E-state index in [0.717, 1.165) is 16.5 Å². The second-order valence-electron chi connectivity index (χ2n) is 8.34. The summed E-state index contributed by atoms with van der Waals surface area (Å²) in [4.78, 5) is 52.7. The van der Waals surface area contributed by atoms with Crippen LogP contribution >= 0.6 is 25.3 Å². The molecule has 11 nitrogen and oxygen atoms in total. The van der Waals surface area contributed by atoms with Gasteiger partial charge in [-0.15, -0.1) is 0 Å². The number of aromatic amines is 1. The molecule has 4 unspecified atom stereocenters. The van der Waals surface area contributed by atoms with E-state index in [1.165, 1.54) is 0 Å². The SMILES string of the molecule is NCCCCC(NC(=O)C(N)Cc1c[nH]c2ccccc12)C(=O)NC(CS)C(=O)NC(CS)C(=O)O. The van der Waals surface area contributed by atoms with Crippen LogP contribution < -0.4 is 27.4 Å². The molecule has 2 rings (SSSR count). The number of nitrogens with one attached hydrogen (secondary N) is 4. The van der Waals surface area contributed by atoms with E-state index in [4.69, 9.17) is 16.6 Å². The van der Waals surface area contributed by atoms with Crippen LogP contribution in [0.5, 0.6) is 0 Å². The van der Waals surface area contributed by atoms with Crippen LogP contribution in [0.15, 0.2) is 30.5 Å². The maximum absolute atomic E-state index is 13.0. The summed E-state index contributed by atoms with van der Waals surface area (Å²) in [5, 5.41) is 17.6. The van der Waals surface area contributed by atoms with Crippen LogP contribution in [0.3, 0.4) is 0 Å². The molecule has 1 aromatic carbocycles. The van der Waals surface area contributed by atoms with Crippen LogP contribution in [0.1, 0.15) is 24.8 Å². The zero-order valence-electron chi connectivity index (χ0n) is 19.8. The van der Waals surface area contributed by atoms with Gasteiger partial charge in [0.05, 0.1) is 6.04 Å². The molecular formula is C23H34N6O5S2. The molecule has 198 valence electrons. The molecule has 0 fully saturated rings. The number of nitrogens with two attached hydrogens (primary N) is 2. The number of para-hydroxylation sites is 1. The predicted octanol–water partition coefficient (Wildman–Crippen LogP) is -0.435. The minimum absolute atomic E-state index is 0.0833. The first-order valence-electron chi connectivity index (χ1n) is 11.6. The van der Waals surface area contributed by atoms with Gasteiger partial charge >= 0.3 is 5.97 Å². The van der Waals surface area contributed by atoms with Crippen molar-refractivity contribution < 1.29 is 24.3 Å². The van der Waals surface area contributed by atoms with Crippen LogP contribution in [0.25, 0.3) is 10.9 Å².